The van der Waals surface area contributed by atoms with Crippen molar-refractivity contribution in [3.63, 3.8) is 0 Å². The lowest BCUT2D eigenvalue weighted by molar-refractivity contribution is -0.344. The molecule has 0 spiro atoms. The molecule has 5 fully saturated rings. The van der Waals surface area contributed by atoms with Crippen molar-refractivity contribution in [2.75, 3.05) is 39.5 Å². The molecule has 35 nitrogen and oxygen atoms in total. The summed E-state index contributed by atoms with van der Waals surface area (Å²) in [6.45, 7) is 4.45. The lowest BCUT2D eigenvalue weighted by Crippen LogP contribution is -2.66. The molecule has 25 atom stereocenters. The molecule has 0 aromatic heterocycles. The lowest BCUT2D eigenvalue weighted by atomic mass is 9.93. The van der Waals surface area contributed by atoms with Gasteiger partial charge in [0, 0.05) is 18.9 Å². The highest BCUT2D eigenvalue weighted by atomic mass is 16.8. The molecular weight excluding hydrogens is 1230 g/mol. The van der Waals surface area contributed by atoms with Crippen LogP contribution in [0.1, 0.15) is 51.7 Å². The number of rotatable bonds is 26. The molecule has 35 heteroatoms. The van der Waals surface area contributed by atoms with E-state index in [1.54, 1.807) is 65.0 Å². The van der Waals surface area contributed by atoms with E-state index in [1.165, 1.54) is 29.2 Å². The third-order valence-corrected chi connectivity index (χ3v) is 17.2. The molecule has 0 bridgehead atoms. The number of hydrogen-bond donors (Lipinski definition) is 18. The van der Waals surface area contributed by atoms with Gasteiger partial charge in [-0.25, -0.2) is 4.99 Å². The topological polar surface area (TPSA) is 537 Å². The highest BCUT2D eigenvalue weighted by Gasteiger charge is 2.60. The van der Waals surface area contributed by atoms with E-state index >= 15 is 4.79 Å². The number of carbonyl (C=O) groups excluding carboxylic acids is 5. The van der Waals surface area contributed by atoms with E-state index in [1.807, 2.05) is 0 Å². The maximum Gasteiger partial charge on any atom is 0.246 e. The Labute approximate surface area is 532 Å². The first-order chi connectivity index (χ1) is 44.1. The quantitative estimate of drug-likeness (QED) is 0.0389. The van der Waals surface area contributed by atoms with Crippen LogP contribution < -0.4 is 48.5 Å². The Hall–Kier alpha value is -6.43. The molecule has 5 saturated heterocycles. The summed E-state index contributed by atoms with van der Waals surface area (Å²) in [7, 11) is 0. The molecule has 21 N–H and O–H groups in total. The van der Waals surface area contributed by atoms with Crippen LogP contribution in [-0.4, -0.2) is 295 Å². The number of aliphatic imine (C=N–C) groups is 2. The average molecular weight is 1320 g/mol. The van der Waals surface area contributed by atoms with Gasteiger partial charge in [-0.2, -0.15) is 0 Å². The van der Waals surface area contributed by atoms with Crippen molar-refractivity contribution in [1.29, 1.82) is 0 Å². The zero-order valence-electron chi connectivity index (χ0n) is 51.4. The average Bonchev–Trinajstić information content (AvgIpc) is 1.65. The van der Waals surface area contributed by atoms with Crippen LogP contribution >= 0.6 is 0 Å². The van der Waals surface area contributed by atoms with Crippen molar-refractivity contribution < 1.29 is 118 Å². The van der Waals surface area contributed by atoms with Gasteiger partial charge < -0.3 is 147 Å². The summed E-state index contributed by atoms with van der Waals surface area (Å²) >= 11 is 0. The molecule has 0 radical (unpaired) electrons. The van der Waals surface area contributed by atoms with Gasteiger partial charge in [-0.3, -0.25) is 24.2 Å². The van der Waals surface area contributed by atoms with Gasteiger partial charge in [0.1, 0.15) is 116 Å². The van der Waals surface area contributed by atoms with E-state index in [4.69, 9.17) is 59.8 Å². The highest BCUT2D eigenvalue weighted by molar-refractivity contribution is 5.96. The minimum atomic E-state index is -2.13. The summed E-state index contributed by atoms with van der Waals surface area (Å²) in [4.78, 5) is 80.2. The molecule has 93 heavy (non-hydrogen) atoms. The van der Waals surface area contributed by atoms with Crippen LogP contribution in [0.4, 0.5) is 0 Å². The van der Waals surface area contributed by atoms with Gasteiger partial charge in [-0.05, 0) is 51.0 Å². The van der Waals surface area contributed by atoms with Gasteiger partial charge in [0.25, 0.3) is 0 Å². The van der Waals surface area contributed by atoms with Crippen LogP contribution in [0.5, 0.6) is 5.75 Å². The van der Waals surface area contributed by atoms with Crippen molar-refractivity contribution in [2.24, 2.45) is 27.2 Å². The predicted octanol–water partition coefficient (Wildman–Crippen LogP) is -9.10. The number of carbonyl (C=O) groups is 5. The van der Waals surface area contributed by atoms with Gasteiger partial charge in [0.15, 0.2) is 42.1 Å². The number of benzene rings is 2. The molecule has 25 unspecified atom stereocenters. The van der Waals surface area contributed by atoms with E-state index in [0.29, 0.717) is 11.1 Å². The predicted molar refractivity (Wildman–Crippen MR) is 316 cm³/mol. The van der Waals surface area contributed by atoms with Crippen LogP contribution in [0, 0.1) is 0 Å². The van der Waals surface area contributed by atoms with Gasteiger partial charge in [-0.1, -0.05) is 49.4 Å². The molecule has 2 aromatic carbocycles. The molecule has 7 heterocycles. The van der Waals surface area contributed by atoms with Crippen molar-refractivity contribution in [3.8, 4) is 5.75 Å². The maximum absolute atomic E-state index is 15.0. The second-order valence-electron chi connectivity index (χ2n) is 24.7. The molecule has 7 aliphatic rings. The third kappa shape index (κ3) is 15.8. The fraction of sp³-hybridized carbons (Fsp3) is 0.672. The Balaban J connectivity index is 0.964. The van der Waals surface area contributed by atoms with E-state index in [-0.39, 0.29) is 43.5 Å². The van der Waals surface area contributed by atoms with Gasteiger partial charge in [0.05, 0.1) is 51.1 Å². The Morgan fingerprint density at radius 1 is 0.710 bits per heavy atom. The van der Waals surface area contributed by atoms with Crippen LogP contribution in [0.3, 0.4) is 0 Å². The number of ether oxygens (including phenoxy) is 9. The molecular formula is C58H85N11O24. The lowest BCUT2D eigenvalue weighted by Gasteiger charge is -2.45. The Kier molecular flexibility index (Phi) is 22.6. The first kappa shape index (κ1) is 70.9. The highest BCUT2D eigenvalue weighted by Crippen LogP contribution is 2.42. The number of amides is 4. The summed E-state index contributed by atoms with van der Waals surface area (Å²) < 4.78 is 54.6. The summed E-state index contributed by atoms with van der Waals surface area (Å²) in [5.74, 6) is -7.96. The minimum Gasteiger partial charge on any atom is -0.462 e. The SMILES string of the molecule is CC(c1ccccc1)C(N)C(=O)NC(Cc1ccc(OC2OC(CO)C(OC3OC(CO)C(O)C(O)C3O)C3OC(C)(C)OC23)cc1)C(=O)NC(C(=O)NC(C(=O)NC(C=O)CO)C(O)C1CN(C2OC(CO)C(O)C3OC(C)(C)OC32)C(N)=N1)C(O)C1CN=C(N)N1. The molecule has 2 aromatic rings. The number of fused-ring (bicyclic) bond motifs is 2. The van der Waals surface area contributed by atoms with Crippen LogP contribution in [-0.2, 0) is 68.3 Å². The number of aliphatic hydroxyl groups is 10. The number of nitrogens with one attached hydrogen (secondary N) is 5. The van der Waals surface area contributed by atoms with Crippen molar-refractivity contribution in [1.82, 2.24) is 31.5 Å². The normalized spacial score (nSPS) is 34.5. The van der Waals surface area contributed by atoms with Gasteiger partial charge in [0.2, 0.25) is 29.9 Å². The second kappa shape index (κ2) is 29.7. The summed E-state index contributed by atoms with van der Waals surface area (Å²) in [5.41, 5.74) is 20.0. The van der Waals surface area contributed by atoms with Crippen LogP contribution in [0.15, 0.2) is 64.6 Å². The molecule has 9 rings (SSSR count). The number of nitrogens with zero attached hydrogens (tertiary/aromatic N) is 3. The maximum atomic E-state index is 15.0. The zero-order valence-corrected chi connectivity index (χ0v) is 51.4. The minimum absolute atomic E-state index is 0.139. The number of guanidine groups is 2. The first-order valence-electron chi connectivity index (χ1n) is 30.3. The second-order valence-corrected chi connectivity index (χ2v) is 24.7. The smallest absolute Gasteiger partial charge is 0.246 e. The summed E-state index contributed by atoms with van der Waals surface area (Å²) in [6, 6.07) is 3.46. The first-order valence-corrected chi connectivity index (χ1v) is 30.3. The number of hydrogen-bond acceptors (Lipinski definition) is 31. The zero-order chi connectivity index (χ0) is 67.5. The van der Waals surface area contributed by atoms with Crippen molar-refractivity contribution >= 4 is 41.8 Å². The molecule has 0 saturated carbocycles. The number of aliphatic hydroxyl groups excluding tert-OH is 10. The van der Waals surface area contributed by atoms with Crippen molar-refractivity contribution in [3.05, 3.63) is 65.7 Å². The number of aldehydes is 1. The molecule has 516 valence electrons. The summed E-state index contributed by atoms with van der Waals surface area (Å²) in [5, 5.41) is 120. The van der Waals surface area contributed by atoms with E-state index in [2.05, 4.69) is 36.6 Å². The fourth-order valence-electron chi connectivity index (χ4n) is 12.2. The van der Waals surface area contributed by atoms with Crippen LogP contribution in [0.25, 0.3) is 0 Å². The number of nitrogens with two attached hydrogens (primary N) is 3. The molecule has 4 amide bonds. The van der Waals surface area contributed by atoms with E-state index in [9.17, 15) is 70.2 Å². The Morgan fingerprint density at radius 3 is 1.92 bits per heavy atom. The standard InChI is InChI=1S/C58H85N11O24/c1-23(25-9-7-6-8-10-25)34(59)49(82)64-28(15-24-11-13-27(14-12-24)85-54-47-45(91-58(4,5)93-47)43(33(22-74)88-54)89-53-42(80)41(79)39(77)31(20-72)87-53)48(81)67-35(37(75)29-16-62-55(60)65-29)51(84)68-36(50(83)63-26(18-70)19-71)38(76)30-17-69(56(61)66-30)52-46-44(90-57(2,3)92-46)40(78)32(21-73)86-52/h6-14,18,23,26,28-47,52-54,71-80H,15-17,19-22,59H2,1-5H3,(H2,61,66)(H,63,83)(H,64,82)(H,67,81)(H,68,84)(H3,60,62,65). The molecule has 0 aliphatic carbocycles. The van der Waals surface area contributed by atoms with Crippen molar-refractivity contribution in [2.45, 2.75) is 205 Å². The molecule has 7 aliphatic heterocycles. The Bertz CT molecular complexity index is 2980. The van der Waals surface area contributed by atoms with Crippen LogP contribution in [0.2, 0.25) is 0 Å². The third-order valence-electron chi connectivity index (χ3n) is 17.2. The van der Waals surface area contributed by atoms with Gasteiger partial charge in [-0.15, -0.1) is 0 Å². The largest absolute Gasteiger partial charge is 0.462 e. The fourth-order valence-corrected chi connectivity index (χ4v) is 12.2. The summed E-state index contributed by atoms with van der Waals surface area (Å²) in [6.07, 6.45) is -24.3. The van der Waals surface area contributed by atoms with E-state index < -0.39 is 214 Å². The van der Waals surface area contributed by atoms with E-state index in [0.717, 1.165) is 0 Å². The van der Waals surface area contributed by atoms with Gasteiger partial charge >= 0.3 is 0 Å². The monoisotopic (exact) mass is 1320 g/mol. The Morgan fingerprint density at radius 2 is 1.30 bits per heavy atom.